The number of carbonyl (C=O) groups excluding carboxylic acids is 1. The minimum Gasteiger partial charge on any atom is -0.492 e. The van der Waals surface area contributed by atoms with Crippen LogP contribution in [0, 0.1) is 5.41 Å². The third-order valence-electron chi connectivity index (χ3n) is 3.88. The van der Waals surface area contributed by atoms with Crippen LogP contribution in [-0.4, -0.2) is 19.1 Å². The highest BCUT2D eigenvalue weighted by molar-refractivity contribution is 5.81. The normalized spacial score (nSPS) is 12.1. The fourth-order valence-electron chi connectivity index (χ4n) is 1.78. The Morgan fingerprint density at radius 3 is 2.14 bits per heavy atom. The van der Waals surface area contributed by atoms with E-state index < -0.39 is 0 Å². The minimum absolute atomic E-state index is 0.0803. The summed E-state index contributed by atoms with van der Waals surface area (Å²) >= 11 is 0. The molecule has 0 saturated carbocycles. The van der Waals surface area contributed by atoms with Crippen LogP contribution in [-0.2, 0) is 10.2 Å². The first kappa shape index (κ1) is 17.5. The van der Waals surface area contributed by atoms with Crippen LogP contribution >= 0.6 is 0 Å². The third kappa shape index (κ3) is 5.41. The van der Waals surface area contributed by atoms with Crippen molar-refractivity contribution in [1.82, 2.24) is 5.32 Å². The van der Waals surface area contributed by atoms with Crippen LogP contribution in [0.4, 0.5) is 0 Å². The van der Waals surface area contributed by atoms with E-state index in [0.717, 1.165) is 12.2 Å². The predicted molar refractivity (Wildman–Crippen MR) is 87.7 cm³/mol. The van der Waals surface area contributed by atoms with Crippen LogP contribution in [0.5, 0.6) is 5.75 Å². The SMILES string of the molecule is CCC(C)(C)C(=O)NCCOc1ccc(C(C)(C)C)cc1. The van der Waals surface area contributed by atoms with Gasteiger partial charge in [0.25, 0.3) is 0 Å². The zero-order valence-electron chi connectivity index (χ0n) is 14.2. The number of rotatable bonds is 6. The smallest absolute Gasteiger partial charge is 0.225 e. The summed E-state index contributed by atoms with van der Waals surface area (Å²) in [5.74, 6) is 0.920. The molecule has 0 aliphatic carbocycles. The van der Waals surface area contributed by atoms with Crippen molar-refractivity contribution in [3.63, 3.8) is 0 Å². The van der Waals surface area contributed by atoms with Gasteiger partial charge in [-0.3, -0.25) is 4.79 Å². The molecule has 1 amide bonds. The van der Waals surface area contributed by atoms with Gasteiger partial charge in [0.05, 0.1) is 6.54 Å². The van der Waals surface area contributed by atoms with E-state index in [9.17, 15) is 4.79 Å². The molecule has 0 spiro atoms. The number of benzene rings is 1. The predicted octanol–water partition coefficient (Wildman–Crippen LogP) is 3.92. The second kappa shape index (κ2) is 6.97. The molecule has 0 atom stereocenters. The Bertz CT molecular complexity index is 455. The summed E-state index contributed by atoms with van der Waals surface area (Å²) in [7, 11) is 0. The van der Waals surface area contributed by atoms with Crippen molar-refractivity contribution >= 4 is 5.91 Å². The first-order valence-corrected chi connectivity index (χ1v) is 7.68. The molecule has 1 aromatic carbocycles. The number of carbonyl (C=O) groups is 1. The molecule has 3 nitrogen and oxygen atoms in total. The molecule has 0 aliphatic heterocycles. The lowest BCUT2D eigenvalue weighted by Gasteiger charge is -2.21. The molecule has 3 heteroatoms. The molecule has 0 fully saturated rings. The van der Waals surface area contributed by atoms with Crippen LogP contribution in [0.3, 0.4) is 0 Å². The number of ether oxygens (including phenoxy) is 1. The van der Waals surface area contributed by atoms with Gasteiger partial charge in [0.2, 0.25) is 5.91 Å². The number of amides is 1. The van der Waals surface area contributed by atoms with Crippen molar-refractivity contribution in [1.29, 1.82) is 0 Å². The Balaban J connectivity index is 2.39. The van der Waals surface area contributed by atoms with E-state index in [1.54, 1.807) is 0 Å². The molecule has 1 aromatic rings. The van der Waals surface area contributed by atoms with Gasteiger partial charge in [-0.15, -0.1) is 0 Å². The van der Waals surface area contributed by atoms with Crippen molar-refractivity contribution in [2.75, 3.05) is 13.2 Å². The van der Waals surface area contributed by atoms with Crippen molar-refractivity contribution < 1.29 is 9.53 Å². The standard InChI is InChI=1S/C18H29NO2/c1-7-18(5,6)16(20)19-12-13-21-15-10-8-14(9-11-15)17(2,3)4/h8-11H,7,12-13H2,1-6H3,(H,19,20). The fourth-order valence-corrected chi connectivity index (χ4v) is 1.78. The van der Waals surface area contributed by atoms with Gasteiger partial charge in [-0.05, 0) is 29.5 Å². The van der Waals surface area contributed by atoms with E-state index >= 15 is 0 Å². The lowest BCUT2D eigenvalue weighted by Crippen LogP contribution is -2.38. The van der Waals surface area contributed by atoms with Gasteiger partial charge < -0.3 is 10.1 Å². The Morgan fingerprint density at radius 2 is 1.67 bits per heavy atom. The van der Waals surface area contributed by atoms with Gasteiger partial charge in [0, 0.05) is 5.41 Å². The largest absolute Gasteiger partial charge is 0.492 e. The van der Waals surface area contributed by atoms with Crippen LogP contribution in [0.1, 0.15) is 53.5 Å². The van der Waals surface area contributed by atoms with Gasteiger partial charge in [-0.1, -0.05) is 53.7 Å². The monoisotopic (exact) mass is 291 g/mol. The average Bonchev–Trinajstić information content (AvgIpc) is 2.42. The maximum Gasteiger partial charge on any atom is 0.225 e. The summed E-state index contributed by atoms with van der Waals surface area (Å²) in [5, 5.41) is 2.92. The lowest BCUT2D eigenvalue weighted by atomic mass is 9.87. The molecule has 0 radical (unpaired) electrons. The van der Waals surface area contributed by atoms with E-state index in [1.165, 1.54) is 5.56 Å². The summed E-state index contributed by atoms with van der Waals surface area (Å²) in [4.78, 5) is 11.9. The van der Waals surface area contributed by atoms with Gasteiger partial charge in [0.15, 0.2) is 0 Å². The molecule has 0 aromatic heterocycles. The molecule has 1 N–H and O–H groups in total. The minimum atomic E-state index is -0.311. The summed E-state index contributed by atoms with van der Waals surface area (Å²) in [6, 6.07) is 8.15. The summed E-state index contributed by atoms with van der Waals surface area (Å²) in [6.07, 6.45) is 0.827. The second-order valence-corrected chi connectivity index (χ2v) is 7.12. The highest BCUT2D eigenvalue weighted by Gasteiger charge is 2.24. The van der Waals surface area contributed by atoms with Gasteiger partial charge in [-0.2, -0.15) is 0 Å². The topological polar surface area (TPSA) is 38.3 Å². The number of nitrogens with one attached hydrogen (secondary N) is 1. The molecular weight excluding hydrogens is 262 g/mol. The van der Waals surface area contributed by atoms with Gasteiger partial charge in [-0.25, -0.2) is 0 Å². The molecule has 0 heterocycles. The highest BCUT2D eigenvalue weighted by Crippen LogP contribution is 2.24. The van der Waals surface area contributed by atoms with Crippen molar-refractivity contribution in [2.45, 2.75) is 53.4 Å². The second-order valence-electron chi connectivity index (χ2n) is 7.12. The summed E-state index contributed by atoms with van der Waals surface area (Å²) in [5.41, 5.74) is 1.12. The van der Waals surface area contributed by atoms with Crippen molar-refractivity contribution in [3.05, 3.63) is 29.8 Å². The van der Waals surface area contributed by atoms with Gasteiger partial charge >= 0.3 is 0 Å². The Kier molecular flexibility index (Phi) is 5.82. The quantitative estimate of drug-likeness (QED) is 0.807. The summed E-state index contributed by atoms with van der Waals surface area (Å²) in [6.45, 7) is 13.5. The molecule has 21 heavy (non-hydrogen) atoms. The Morgan fingerprint density at radius 1 is 1.10 bits per heavy atom. The van der Waals surface area contributed by atoms with Crippen molar-refractivity contribution in [2.24, 2.45) is 5.41 Å². The lowest BCUT2D eigenvalue weighted by molar-refractivity contribution is -0.129. The molecule has 1 rings (SSSR count). The van der Waals surface area contributed by atoms with E-state index in [2.05, 4.69) is 38.2 Å². The van der Waals surface area contributed by atoms with Crippen molar-refractivity contribution in [3.8, 4) is 5.75 Å². The van der Waals surface area contributed by atoms with E-state index in [1.807, 2.05) is 32.9 Å². The molecular formula is C18H29NO2. The fraction of sp³-hybridized carbons (Fsp3) is 0.611. The van der Waals surface area contributed by atoms with E-state index in [0.29, 0.717) is 13.2 Å². The zero-order valence-corrected chi connectivity index (χ0v) is 14.2. The van der Waals surface area contributed by atoms with E-state index in [-0.39, 0.29) is 16.7 Å². The molecule has 0 unspecified atom stereocenters. The third-order valence-corrected chi connectivity index (χ3v) is 3.88. The first-order valence-electron chi connectivity index (χ1n) is 7.68. The Hall–Kier alpha value is -1.51. The van der Waals surface area contributed by atoms with E-state index in [4.69, 9.17) is 4.74 Å². The average molecular weight is 291 g/mol. The highest BCUT2D eigenvalue weighted by atomic mass is 16.5. The zero-order chi connectivity index (χ0) is 16.1. The number of hydrogen-bond donors (Lipinski definition) is 1. The van der Waals surface area contributed by atoms with Crippen LogP contribution < -0.4 is 10.1 Å². The first-order chi connectivity index (χ1) is 9.66. The van der Waals surface area contributed by atoms with Gasteiger partial charge in [0.1, 0.15) is 12.4 Å². The van der Waals surface area contributed by atoms with Crippen LogP contribution in [0.25, 0.3) is 0 Å². The molecule has 0 saturated heterocycles. The van der Waals surface area contributed by atoms with Crippen LogP contribution in [0.2, 0.25) is 0 Å². The summed E-state index contributed by atoms with van der Waals surface area (Å²) < 4.78 is 5.66. The number of hydrogen-bond acceptors (Lipinski definition) is 2. The maximum absolute atomic E-state index is 11.9. The molecule has 0 bridgehead atoms. The Labute approximate surface area is 129 Å². The molecule has 118 valence electrons. The molecule has 0 aliphatic rings. The van der Waals surface area contributed by atoms with Crippen LogP contribution in [0.15, 0.2) is 24.3 Å². The maximum atomic E-state index is 11.9.